The van der Waals surface area contributed by atoms with Crippen molar-refractivity contribution in [3.8, 4) is 0 Å². The van der Waals surface area contributed by atoms with Crippen LogP contribution in [0.4, 0.5) is 0 Å². The number of nitrogens with one attached hydrogen (secondary N) is 1. The summed E-state index contributed by atoms with van der Waals surface area (Å²) in [5, 5.41) is 3.61. The molecular weight excluding hydrogens is 216 g/mol. The van der Waals surface area contributed by atoms with Crippen LogP contribution in [0.25, 0.3) is 0 Å². The van der Waals surface area contributed by atoms with E-state index in [0.717, 1.165) is 5.92 Å². The van der Waals surface area contributed by atoms with Gasteiger partial charge < -0.3 is 10.2 Å². The maximum absolute atomic E-state index is 3.61. The number of likely N-dealkylation sites (tertiary alicyclic amines) is 1. The first-order chi connectivity index (χ1) is 7.86. The lowest BCUT2D eigenvalue weighted by Gasteiger charge is -2.15. The van der Waals surface area contributed by atoms with Crippen LogP contribution in [0.5, 0.6) is 0 Å². The van der Waals surface area contributed by atoms with Gasteiger partial charge in [-0.3, -0.25) is 0 Å². The molecule has 0 radical (unpaired) electrons. The second-order valence-corrected chi connectivity index (χ2v) is 6.10. The molecule has 16 heavy (non-hydrogen) atoms. The van der Waals surface area contributed by atoms with Gasteiger partial charge in [0.15, 0.2) is 0 Å². The van der Waals surface area contributed by atoms with Gasteiger partial charge in [0.2, 0.25) is 0 Å². The number of thioether (sulfide) groups is 1. The van der Waals surface area contributed by atoms with Crippen molar-refractivity contribution >= 4 is 11.8 Å². The summed E-state index contributed by atoms with van der Waals surface area (Å²) in [6.07, 6.45) is 4.02. The maximum atomic E-state index is 3.61. The molecule has 1 saturated heterocycles. The third-order valence-electron chi connectivity index (χ3n) is 3.19. The van der Waals surface area contributed by atoms with Crippen molar-refractivity contribution < 1.29 is 0 Å². The van der Waals surface area contributed by atoms with Crippen LogP contribution in [0, 0.1) is 5.92 Å². The summed E-state index contributed by atoms with van der Waals surface area (Å²) in [5.41, 5.74) is 0. The highest BCUT2D eigenvalue weighted by molar-refractivity contribution is 7.99. The lowest BCUT2D eigenvalue weighted by Crippen LogP contribution is -2.27. The van der Waals surface area contributed by atoms with Crippen molar-refractivity contribution in [2.24, 2.45) is 5.92 Å². The summed E-state index contributed by atoms with van der Waals surface area (Å²) < 4.78 is 0. The minimum absolute atomic E-state index is 0.908. The second kappa shape index (κ2) is 9.32. The molecule has 0 bridgehead atoms. The van der Waals surface area contributed by atoms with Gasteiger partial charge in [-0.2, -0.15) is 11.8 Å². The van der Waals surface area contributed by atoms with Gasteiger partial charge in [0, 0.05) is 6.54 Å². The van der Waals surface area contributed by atoms with Gasteiger partial charge in [-0.05, 0) is 62.9 Å². The minimum Gasteiger partial charge on any atom is -0.316 e. The Hall–Kier alpha value is 0.270. The Bertz CT molecular complexity index is 164. The third kappa shape index (κ3) is 6.12. The molecule has 0 aromatic heterocycles. The predicted molar refractivity (Wildman–Crippen MR) is 75.3 cm³/mol. The van der Waals surface area contributed by atoms with Crippen molar-refractivity contribution in [3.05, 3.63) is 0 Å². The molecule has 0 aliphatic carbocycles. The first-order valence-corrected chi connectivity index (χ1v) is 8.03. The standard InChI is InChI=1S/C13H28N2S/c1-3-8-15-9-6-13(12-15)11-14-7-5-10-16-4-2/h13-14H,3-12H2,1-2H3. The van der Waals surface area contributed by atoms with Gasteiger partial charge in [-0.15, -0.1) is 0 Å². The molecule has 1 rings (SSSR count). The first-order valence-electron chi connectivity index (χ1n) is 6.87. The Labute approximate surface area is 106 Å². The van der Waals surface area contributed by atoms with Gasteiger partial charge in [0.05, 0.1) is 0 Å². The molecule has 1 atom stereocenters. The predicted octanol–water partition coefficient (Wildman–Crippen LogP) is 2.45. The Morgan fingerprint density at radius 3 is 3.00 bits per heavy atom. The van der Waals surface area contributed by atoms with Crippen LogP contribution in [0.15, 0.2) is 0 Å². The molecule has 1 aliphatic rings. The topological polar surface area (TPSA) is 15.3 Å². The van der Waals surface area contributed by atoms with Crippen LogP contribution < -0.4 is 5.32 Å². The van der Waals surface area contributed by atoms with Gasteiger partial charge in [-0.25, -0.2) is 0 Å². The highest BCUT2D eigenvalue weighted by Gasteiger charge is 2.20. The van der Waals surface area contributed by atoms with Gasteiger partial charge in [0.25, 0.3) is 0 Å². The summed E-state index contributed by atoms with van der Waals surface area (Å²) in [6, 6.07) is 0. The molecular formula is C13H28N2S. The number of hydrogen-bond donors (Lipinski definition) is 1. The van der Waals surface area contributed by atoms with E-state index in [4.69, 9.17) is 0 Å². The van der Waals surface area contributed by atoms with E-state index < -0.39 is 0 Å². The number of hydrogen-bond acceptors (Lipinski definition) is 3. The van der Waals surface area contributed by atoms with Gasteiger partial charge >= 0.3 is 0 Å². The third-order valence-corrected chi connectivity index (χ3v) is 4.17. The van der Waals surface area contributed by atoms with E-state index in [9.17, 15) is 0 Å². The molecule has 1 unspecified atom stereocenters. The van der Waals surface area contributed by atoms with Crippen molar-refractivity contribution in [3.63, 3.8) is 0 Å². The van der Waals surface area contributed by atoms with Crippen LogP contribution >= 0.6 is 11.8 Å². The molecule has 1 N–H and O–H groups in total. The quantitative estimate of drug-likeness (QED) is 0.627. The van der Waals surface area contributed by atoms with Crippen LogP contribution in [0.2, 0.25) is 0 Å². The first kappa shape index (κ1) is 14.3. The van der Waals surface area contributed by atoms with E-state index in [0.29, 0.717) is 0 Å². The maximum Gasteiger partial charge on any atom is 0.00223 e. The monoisotopic (exact) mass is 244 g/mol. The second-order valence-electron chi connectivity index (χ2n) is 4.71. The molecule has 1 aliphatic heterocycles. The number of nitrogens with zero attached hydrogens (tertiary/aromatic N) is 1. The fourth-order valence-corrected chi connectivity index (χ4v) is 2.99. The summed E-state index contributed by atoms with van der Waals surface area (Å²) in [4.78, 5) is 2.61. The molecule has 0 spiro atoms. The number of rotatable bonds is 9. The Morgan fingerprint density at radius 2 is 2.25 bits per heavy atom. The van der Waals surface area contributed by atoms with E-state index in [1.54, 1.807) is 0 Å². The molecule has 0 saturated carbocycles. The summed E-state index contributed by atoms with van der Waals surface area (Å²) in [7, 11) is 0. The van der Waals surface area contributed by atoms with Crippen molar-refractivity contribution in [2.45, 2.75) is 33.1 Å². The van der Waals surface area contributed by atoms with Crippen molar-refractivity contribution in [1.82, 2.24) is 10.2 Å². The normalized spacial score (nSPS) is 21.8. The summed E-state index contributed by atoms with van der Waals surface area (Å²) in [5.74, 6) is 3.48. The lowest BCUT2D eigenvalue weighted by molar-refractivity contribution is 0.322. The Morgan fingerprint density at radius 1 is 1.38 bits per heavy atom. The average molecular weight is 244 g/mol. The fraction of sp³-hybridized carbons (Fsp3) is 1.00. The molecule has 0 amide bonds. The van der Waals surface area contributed by atoms with Crippen LogP contribution in [-0.4, -0.2) is 49.1 Å². The highest BCUT2D eigenvalue weighted by atomic mass is 32.2. The molecule has 2 nitrogen and oxygen atoms in total. The Kier molecular flexibility index (Phi) is 8.34. The molecule has 0 aromatic rings. The molecule has 0 aromatic carbocycles. The summed E-state index contributed by atoms with van der Waals surface area (Å²) in [6.45, 7) is 10.9. The fourth-order valence-electron chi connectivity index (χ4n) is 2.35. The van der Waals surface area contributed by atoms with Crippen LogP contribution in [0.1, 0.15) is 33.1 Å². The molecule has 1 heterocycles. The lowest BCUT2D eigenvalue weighted by atomic mass is 10.1. The van der Waals surface area contributed by atoms with E-state index in [1.165, 1.54) is 63.5 Å². The van der Waals surface area contributed by atoms with E-state index in [1.807, 2.05) is 11.8 Å². The SMILES string of the molecule is CCCN1CCC(CNCCCSCC)C1. The molecule has 3 heteroatoms. The average Bonchev–Trinajstić information content (AvgIpc) is 2.72. The highest BCUT2D eigenvalue weighted by Crippen LogP contribution is 2.15. The zero-order chi connectivity index (χ0) is 11.6. The van der Waals surface area contributed by atoms with Crippen molar-refractivity contribution in [1.29, 1.82) is 0 Å². The summed E-state index contributed by atoms with van der Waals surface area (Å²) >= 11 is 2.05. The van der Waals surface area contributed by atoms with Gasteiger partial charge in [0.1, 0.15) is 0 Å². The molecule has 96 valence electrons. The largest absolute Gasteiger partial charge is 0.316 e. The Balaban J connectivity index is 1.90. The smallest absolute Gasteiger partial charge is 0.00223 e. The van der Waals surface area contributed by atoms with Crippen molar-refractivity contribution in [2.75, 3.05) is 44.2 Å². The van der Waals surface area contributed by atoms with Crippen LogP contribution in [0.3, 0.4) is 0 Å². The minimum atomic E-state index is 0.908. The zero-order valence-corrected chi connectivity index (χ0v) is 11.8. The van der Waals surface area contributed by atoms with Gasteiger partial charge in [-0.1, -0.05) is 13.8 Å². The van der Waals surface area contributed by atoms with E-state index >= 15 is 0 Å². The zero-order valence-electron chi connectivity index (χ0n) is 11.0. The molecule has 1 fully saturated rings. The van der Waals surface area contributed by atoms with E-state index in [-0.39, 0.29) is 0 Å². The van der Waals surface area contributed by atoms with Crippen LogP contribution in [-0.2, 0) is 0 Å². The van der Waals surface area contributed by atoms with E-state index in [2.05, 4.69) is 24.1 Å².